The van der Waals surface area contributed by atoms with E-state index >= 15 is 0 Å². The fraction of sp³-hybridized carbons (Fsp3) is 0.517. The van der Waals surface area contributed by atoms with Gasteiger partial charge in [-0.2, -0.15) is 0 Å². The van der Waals surface area contributed by atoms with Crippen molar-refractivity contribution in [3.8, 4) is 0 Å². The molecule has 2 amide bonds. The van der Waals surface area contributed by atoms with Gasteiger partial charge in [0.2, 0.25) is 5.91 Å². The Morgan fingerprint density at radius 3 is 2.35 bits per heavy atom. The summed E-state index contributed by atoms with van der Waals surface area (Å²) < 4.78 is 5.42. The van der Waals surface area contributed by atoms with E-state index < -0.39 is 0 Å². The zero-order valence-corrected chi connectivity index (χ0v) is 21.7. The van der Waals surface area contributed by atoms with Crippen LogP contribution in [0.3, 0.4) is 0 Å². The molecule has 5 rings (SSSR count). The number of amides is 2. The van der Waals surface area contributed by atoms with E-state index in [2.05, 4.69) is 49.6 Å². The number of anilines is 2. The van der Waals surface area contributed by atoms with Crippen LogP contribution >= 0.6 is 0 Å². The molecule has 37 heavy (non-hydrogen) atoms. The van der Waals surface area contributed by atoms with Crippen molar-refractivity contribution >= 4 is 23.2 Å². The van der Waals surface area contributed by atoms with E-state index in [4.69, 9.17) is 4.74 Å². The van der Waals surface area contributed by atoms with E-state index in [1.54, 1.807) is 0 Å². The van der Waals surface area contributed by atoms with Crippen LogP contribution in [-0.4, -0.2) is 87.2 Å². The third-order valence-corrected chi connectivity index (χ3v) is 7.76. The summed E-state index contributed by atoms with van der Waals surface area (Å²) in [6.07, 6.45) is 3.02. The van der Waals surface area contributed by atoms with E-state index in [0.717, 1.165) is 90.5 Å². The lowest BCUT2D eigenvalue weighted by molar-refractivity contribution is -0.122. The summed E-state index contributed by atoms with van der Waals surface area (Å²) in [6.45, 7) is 9.21. The number of carbonyl (C=O) groups excluding carboxylic acids is 2. The average Bonchev–Trinajstić information content (AvgIpc) is 2.89. The number of morpholine rings is 1. The van der Waals surface area contributed by atoms with E-state index in [9.17, 15) is 9.59 Å². The second kappa shape index (κ2) is 12.5. The van der Waals surface area contributed by atoms with Gasteiger partial charge in [-0.1, -0.05) is 36.8 Å². The molecule has 1 aliphatic carbocycles. The molecule has 2 aliphatic heterocycles. The summed E-state index contributed by atoms with van der Waals surface area (Å²) in [5, 5.41) is 6.17. The first-order valence-electron chi connectivity index (χ1n) is 13.7. The first-order valence-corrected chi connectivity index (χ1v) is 13.7. The minimum Gasteiger partial charge on any atom is -0.379 e. The van der Waals surface area contributed by atoms with Crippen molar-refractivity contribution in [2.24, 2.45) is 5.92 Å². The average molecular weight is 506 g/mol. The van der Waals surface area contributed by atoms with E-state index in [0.29, 0.717) is 17.8 Å². The highest BCUT2D eigenvalue weighted by Gasteiger charge is 2.26. The minimum atomic E-state index is -0.0882. The molecule has 3 fully saturated rings. The van der Waals surface area contributed by atoms with Gasteiger partial charge in [0.25, 0.3) is 5.91 Å². The van der Waals surface area contributed by atoms with Gasteiger partial charge in [0, 0.05) is 76.2 Å². The van der Waals surface area contributed by atoms with Crippen LogP contribution in [0.4, 0.5) is 11.4 Å². The first kappa shape index (κ1) is 25.7. The predicted octanol–water partition coefficient (Wildman–Crippen LogP) is 2.81. The summed E-state index contributed by atoms with van der Waals surface area (Å²) >= 11 is 0. The van der Waals surface area contributed by atoms with Gasteiger partial charge in [-0.3, -0.25) is 19.4 Å². The fourth-order valence-corrected chi connectivity index (χ4v) is 5.22. The van der Waals surface area contributed by atoms with Gasteiger partial charge in [0.15, 0.2) is 0 Å². The van der Waals surface area contributed by atoms with E-state index in [1.165, 1.54) is 5.56 Å². The number of hydrogen-bond acceptors (Lipinski definition) is 6. The van der Waals surface area contributed by atoms with Gasteiger partial charge in [-0.25, -0.2) is 0 Å². The minimum absolute atomic E-state index is 0.0622. The van der Waals surface area contributed by atoms with Gasteiger partial charge in [0.05, 0.1) is 18.8 Å². The number of carbonyl (C=O) groups is 2. The van der Waals surface area contributed by atoms with Gasteiger partial charge in [-0.15, -0.1) is 0 Å². The van der Waals surface area contributed by atoms with Crippen molar-refractivity contribution < 1.29 is 14.3 Å². The quantitative estimate of drug-likeness (QED) is 0.546. The van der Waals surface area contributed by atoms with Gasteiger partial charge in [-0.05, 0) is 36.6 Å². The van der Waals surface area contributed by atoms with Crippen LogP contribution in [0.15, 0.2) is 48.5 Å². The maximum Gasteiger partial charge on any atom is 0.253 e. The Kier molecular flexibility index (Phi) is 8.71. The molecule has 2 N–H and O–H groups in total. The second-order valence-corrected chi connectivity index (χ2v) is 10.3. The molecule has 3 aliphatic rings. The van der Waals surface area contributed by atoms with Crippen LogP contribution in [0, 0.1) is 5.92 Å². The normalized spacial score (nSPS) is 19.3. The number of hydrogen-bond donors (Lipinski definition) is 2. The molecule has 8 nitrogen and oxygen atoms in total. The van der Waals surface area contributed by atoms with Crippen LogP contribution in [0.5, 0.6) is 0 Å². The topological polar surface area (TPSA) is 77.2 Å². The predicted molar refractivity (Wildman–Crippen MR) is 146 cm³/mol. The summed E-state index contributed by atoms with van der Waals surface area (Å²) in [5.74, 6) is 0.0742. The van der Waals surface area contributed by atoms with Crippen molar-refractivity contribution in [2.45, 2.75) is 25.8 Å². The molecule has 0 radical (unpaired) electrons. The van der Waals surface area contributed by atoms with E-state index in [-0.39, 0.29) is 17.7 Å². The maximum absolute atomic E-state index is 13.4. The molecule has 2 saturated heterocycles. The van der Waals surface area contributed by atoms with Crippen molar-refractivity contribution in [1.29, 1.82) is 0 Å². The molecule has 0 aromatic heterocycles. The van der Waals surface area contributed by atoms with Crippen LogP contribution in [0.2, 0.25) is 0 Å². The maximum atomic E-state index is 13.4. The zero-order valence-electron chi connectivity index (χ0n) is 21.7. The van der Waals surface area contributed by atoms with Crippen LogP contribution < -0.4 is 15.5 Å². The Hall–Kier alpha value is -2.94. The molecule has 8 heteroatoms. The van der Waals surface area contributed by atoms with Gasteiger partial charge < -0.3 is 20.3 Å². The molecular weight excluding hydrogens is 466 g/mol. The summed E-state index contributed by atoms with van der Waals surface area (Å²) in [5.41, 5.74) is 3.58. The van der Waals surface area contributed by atoms with Crippen LogP contribution in [-0.2, 0) is 16.1 Å². The lowest BCUT2D eigenvalue weighted by atomic mass is 9.85. The molecule has 198 valence electrons. The highest BCUT2D eigenvalue weighted by molar-refractivity contribution is 6.02. The van der Waals surface area contributed by atoms with Crippen molar-refractivity contribution in [1.82, 2.24) is 15.1 Å². The highest BCUT2D eigenvalue weighted by Crippen LogP contribution is 2.30. The molecular formula is C29H39N5O3. The van der Waals surface area contributed by atoms with Crippen LogP contribution in [0.1, 0.15) is 35.2 Å². The van der Waals surface area contributed by atoms with Gasteiger partial charge in [0.1, 0.15) is 0 Å². The Morgan fingerprint density at radius 2 is 1.65 bits per heavy atom. The number of nitrogens with zero attached hydrogens (tertiary/aromatic N) is 3. The highest BCUT2D eigenvalue weighted by atomic mass is 16.5. The lowest BCUT2D eigenvalue weighted by Crippen LogP contribution is -2.46. The number of benzene rings is 2. The smallest absolute Gasteiger partial charge is 0.253 e. The van der Waals surface area contributed by atoms with Crippen molar-refractivity contribution in [3.63, 3.8) is 0 Å². The Bertz CT molecular complexity index is 1040. The lowest BCUT2D eigenvalue weighted by Gasteiger charge is -2.37. The number of ether oxygens (including phenoxy) is 1. The number of piperazine rings is 1. The third-order valence-electron chi connectivity index (χ3n) is 7.76. The Balaban J connectivity index is 1.24. The molecule has 0 bridgehead atoms. The first-order chi connectivity index (χ1) is 18.2. The molecule has 0 unspecified atom stereocenters. The fourth-order valence-electron chi connectivity index (χ4n) is 5.22. The van der Waals surface area contributed by atoms with E-state index in [1.807, 2.05) is 24.3 Å². The largest absolute Gasteiger partial charge is 0.379 e. The summed E-state index contributed by atoms with van der Waals surface area (Å²) in [6, 6.07) is 16.3. The SMILES string of the molecule is O=C(NCCN1CCOCC1)c1cc(NC(=O)C2CCC2)ccc1N1CCN(Cc2ccccc2)CC1. The molecule has 2 aromatic rings. The molecule has 0 spiro atoms. The molecule has 2 aromatic carbocycles. The number of nitrogens with one attached hydrogen (secondary N) is 2. The van der Waals surface area contributed by atoms with Gasteiger partial charge >= 0.3 is 0 Å². The zero-order chi connectivity index (χ0) is 25.5. The monoisotopic (exact) mass is 505 g/mol. The molecule has 0 atom stereocenters. The molecule has 2 heterocycles. The van der Waals surface area contributed by atoms with Crippen molar-refractivity contribution in [2.75, 3.05) is 75.8 Å². The summed E-state index contributed by atoms with van der Waals surface area (Å²) in [7, 11) is 0. The number of rotatable bonds is 9. The molecule has 1 saturated carbocycles. The standard InChI is InChI=1S/C29H39N5O3/c35-28(24-7-4-8-24)31-25-9-10-27(26(21-25)29(36)30-11-12-32-17-19-37-20-18-32)34-15-13-33(14-16-34)22-23-5-2-1-3-6-23/h1-3,5-6,9-10,21,24H,4,7-8,11-20,22H2,(H,30,36)(H,31,35). The Labute approximate surface area is 219 Å². The third kappa shape index (κ3) is 6.89. The Morgan fingerprint density at radius 1 is 0.892 bits per heavy atom. The van der Waals surface area contributed by atoms with Crippen molar-refractivity contribution in [3.05, 3.63) is 59.7 Å². The van der Waals surface area contributed by atoms with Crippen LogP contribution in [0.25, 0.3) is 0 Å². The second-order valence-electron chi connectivity index (χ2n) is 10.3. The summed E-state index contributed by atoms with van der Waals surface area (Å²) in [4.78, 5) is 33.0.